The van der Waals surface area contributed by atoms with Crippen LogP contribution in [0.4, 0.5) is 0 Å². The zero-order chi connectivity index (χ0) is 12.1. The molecule has 0 saturated carbocycles. The van der Waals surface area contributed by atoms with Gasteiger partial charge in [-0.05, 0) is 12.6 Å². The number of rotatable bonds is 6. The Morgan fingerprint density at radius 2 is 2.29 bits per heavy atom. The average molecular weight is 233 g/mol. The summed E-state index contributed by atoms with van der Waals surface area (Å²) in [4.78, 5) is 4.30. The average Bonchev–Trinajstić information content (AvgIpc) is 2.96. The molecule has 17 heavy (non-hydrogen) atoms. The summed E-state index contributed by atoms with van der Waals surface area (Å²) < 4.78 is 7.67. The summed E-state index contributed by atoms with van der Waals surface area (Å²) in [5.74, 6) is 2.07. The lowest BCUT2D eigenvalue weighted by atomic mass is 10.3. The maximum absolute atomic E-state index is 5.55. The van der Waals surface area contributed by atoms with Gasteiger partial charge in [0.15, 0.2) is 0 Å². The van der Waals surface area contributed by atoms with Gasteiger partial charge in [-0.3, -0.25) is 0 Å². The molecule has 0 aliphatic heterocycles. The zero-order valence-electron chi connectivity index (χ0n) is 10.4. The minimum atomic E-state index is 0.759. The number of hydrogen-bond donors (Lipinski definition) is 1. The summed E-state index contributed by atoms with van der Waals surface area (Å²) >= 11 is 0. The second-order valence-corrected chi connectivity index (χ2v) is 4.03. The highest BCUT2D eigenvalue weighted by atomic mass is 16.3. The molecule has 2 rings (SSSR count). The van der Waals surface area contributed by atoms with Gasteiger partial charge in [-0.2, -0.15) is 0 Å². The van der Waals surface area contributed by atoms with Crippen LogP contribution in [-0.4, -0.2) is 16.1 Å². The fraction of sp³-hybridized carbons (Fsp3) is 0.462. The molecular formula is C13H19N3O. The van der Waals surface area contributed by atoms with Crippen LogP contribution in [0.2, 0.25) is 0 Å². The van der Waals surface area contributed by atoms with Gasteiger partial charge in [0, 0.05) is 30.9 Å². The second kappa shape index (κ2) is 5.68. The van der Waals surface area contributed by atoms with Gasteiger partial charge in [0.1, 0.15) is 11.6 Å². The maximum atomic E-state index is 5.55. The Morgan fingerprint density at radius 1 is 1.41 bits per heavy atom. The van der Waals surface area contributed by atoms with E-state index < -0.39 is 0 Å². The van der Waals surface area contributed by atoms with Crippen molar-refractivity contribution in [1.82, 2.24) is 14.9 Å². The van der Waals surface area contributed by atoms with Gasteiger partial charge in [0.2, 0.25) is 0 Å². The van der Waals surface area contributed by atoms with Crippen molar-refractivity contribution in [3.05, 3.63) is 41.9 Å². The molecule has 0 saturated heterocycles. The van der Waals surface area contributed by atoms with E-state index in [-0.39, 0.29) is 0 Å². The van der Waals surface area contributed by atoms with E-state index in [4.69, 9.17) is 4.42 Å². The van der Waals surface area contributed by atoms with E-state index in [1.165, 1.54) is 5.56 Å². The molecule has 2 aromatic rings. The maximum Gasteiger partial charge on any atom is 0.123 e. The summed E-state index contributed by atoms with van der Waals surface area (Å²) in [5.41, 5.74) is 1.19. The van der Waals surface area contributed by atoms with Crippen LogP contribution in [0.1, 0.15) is 31.0 Å². The molecule has 0 unspecified atom stereocenters. The number of aromatic nitrogens is 2. The van der Waals surface area contributed by atoms with E-state index in [9.17, 15) is 0 Å². The quantitative estimate of drug-likeness (QED) is 0.831. The molecule has 0 radical (unpaired) electrons. The van der Waals surface area contributed by atoms with E-state index >= 15 is 0 Å². The van der Waals surface area contributed by atoms with E-state index in [2.05, 4.69) is 34.8 Å². The van der Waals surface area contributed by atoms with E-state index in [0.29, 0.717) is 0 Å². The molecular weight excluding hydrogens is 214 g/mol. The van der Waals surface area contributed by atoms with E-state index in [1.54, 1.807) is 0 Å². The van der Waals surface area contributed by atoms with E-state index in [0.717, 1.165) is 37.6 Å². The zero-order valence-corrected chi connectivity index (χ0v) is 10.4. The SMILES string of the molecule is CCNCc1coc(Cn2ccnc2CC)c1. The highest BCUT2D eigenvalue weighted by Gasteiger charge is 2.05. The van der Waals surface area contributed by atoms with Crippen molar-refractivity contribution >= 4 is 0 Å². The third-order valence-corrected chi connectivity index (χ3v) is 2.73. The molecule has 0 aliphatic rings. The predicted molar refractivity (Wildman–Crippen MR) is 66.8 cm³/mol. The molecule has 4 nitrogen and oxygen atoms in total. The number of nitrogens with zero attached hydrogens (tertiary/aromatic N) is 2. The first-order chi connectivity index (χ1) is 8.33. The standard InChI is InChI=1S/C13H19N3O/c1-3-13-15-5-6-16(13)9-12-7-11(10-17-12)8-14-4-2/h5-7,10,14H,3-4,8-9H2,1-2H3. The summed E-state index contributed by atoms with van der Waals surface area (Å²) in [6, 6.07) is 2.10. The Balaban J connectivity index is 2.01. The fourth-order valence-corrected chi connectivity index (χ4v) is 1.84. The van der Waals surface area contributed by atoms with Crippen molar-refractivity contribution < 1.29 is 4.42 Å². The Bertz CT molecular complexity index is 459. The number of hydrogen-bond acceptors (Lipinski definition) is 3. The first kappa shape index (κ1) is 11.9. The minimum Gasteiger partial charge on any atom is -0.467 e. The van der Waals surface area contributed by atoms with Crippen molar-refractivity contribution in [2.45, 2.75) is 33.4 Å². The predicted octanol–water partition coefficient (Wildman–Crippen LogP) is 2.20. The summed E-state index contributed by atoms with van der Waals surface area (Å²) in [6.45, 7) is 6.81. The smallest absolute Gasteiger partial charge is 0.123 e. The minimum absolute atomic E-state index is 0.759. The monoisotopic (exact) mass is 233 g/mol. The Hall–Kier alpha value is -1.55. The van der Waals surface area contributed by atoms with Crippen LogP contribution in [0.15, 0.2) is 29.1 Å². The molecule has 2 aromatic heterocycles. The number of nitrogens with one attached hydrogen (secondary N) is 1. The van der Waals surface area contributed by atoms with Gasteiger partial charge in [-0.25, -0.2) is 4.98 Å². The van der Waals surface area contributed by atoms with Crippen molar-refractivity contribution in [3.8, 4) is 0 Å². The Kier molecular flexibility index (Phi) is 3.98. The van der Waals surface area contributed by atoms with Crippen molar-refractivity contribution in [2.75, 3.05) is 6.54 Å². The van der Waals surface area contributed by atoms with Crippen LogP contribution in [0.3, 0.4) is 0 Å². The topological polar surface area (TPSA) is 43.0 Å². The first-order valence-electron chi connectivity index (χ1n) is 6.10. The highest BCUT2D eigenvalue weighted by molar-refractivity contribution is 5.13. The molecule has 0 fully saturated rings. The van der Waals surface area contributed by atoms with Gasteiger partial charge in [-0.1, -0.05) is 13.8 Å². The molecule has 0 aliphatic carbocycles. The lowest BCUT2D eigenvalue weighted by Crippen LogP contribution is -2.10. The number of furan rings is 1. The largest absolute Gasteiger partial charge is 0.467 e. The van der Waals surface area contributed by atoms with Gasteiger partial charge in [0.25, 0.3) is 0 Å². The number of imidazole rings is 1. The van der Waals surface area contributed by atoms with Gasteiger partial charge in [0.05, 0.1) is 12.8 Å². The summed E-state index contributed by atoms with van der Waals surface area (Å²) in [6.07, 6.45) is 6.59. The highest BCUT2D eigenvalue weighted by Crippen LogP contribution is 2.11. The summed E-state index contributed by atoms with van der Waals surface area (Å²) in [5, 5.41) is 3.28. The molecule has 4 heteroatoms. The lowest BCUT2D eigenvalue weighted by Gasteiger charge is -2.02. The Morgan fingerprint density at radius 3 is 3.06 bits per heavy atom. The molecule has 92 valence electrons. The summed E-state index contributed by atoms with van der Waals surface area (Å²) in [7, 11) is 0. The van der Waals surface area contributed by atoms with Gasteiger partial charge < -0.3 is 14.3 Å². The molecule has 0 bridgehead atoms. The van der Waals surface area contributed by atoms with Crippen molar-refractivity contribution in [1.29, 1.82) is 0 Å². The number of aryl methyl sites for hydroxylation is 1. The molecule has 0 aromatic carbocycles. The van der Waals surface area contributed by atoms with Crippen LogP contribution < -0.4 is 5.32 Å². The lowest BCUT2D eigenvalue weighted by molar-refractivity contribution is 0.487. The normalized spacial score (nSPS) is 10.9. The Labute approximate surface area is 102 Å². The molecule has 0 amide bonds. The van der Waals surface area contributed by atoms with Crippen LogP contribution in [0, 0.1) is 0 Å². The van der Waals surface area contributed by atoms with Crippen LogP contribution in [-0.2, 0) is 19.5 Å². The molecule has 2 heterocycles. The molecule has 0 spiro atoms. The van der Waals surface area contributed by atoms with Crippen LogP contribution >= 0.6 is 0 Å². The third kappa shape index (κ3) is 2.97. The second-order valence-electron chi connectivity index (χ2n) is 4.03. The molecule has 1 N–H and O–H groups in total. The van der Waals surface area contributed by atoms with Crippen molar-refractivity contribution in [2.24, 2.45) is 0 Å². The van der Waals surface area contributed by atoms with Crippen LogP contribution in [0.25, 0.3) is 0 Å². The molecule has 0 atom stereocenters. The first-order valence-corrected chi connectivity index (χ1v) is 6.10. The van der Waals surface area contributed by atoms with E-state index in [1.807, 2.05) is 18.7 Å². The van der Waals surface area contributed by atoms with Crippen molar-refractivity contribution in [3.63, 3.8) is 0 Å². The van der Waals surface area contributed by atoms with Gasteiger partial charge >= 0.3 is 0 Å². The third-order valence-electron chi connectivity index (χ3n) is 2.73. The fourth-order valence-electron chi connectivity index (χ4n) is 1.84. The van der Waals surface area contributed by atoms with Crippen LogP contribution in [0.5, 0.6) is 0 Å². The van der Waals surface area contributed by atoms with Gasteiger partial charge in [-0.15, -0.1) is 0 Å².